The van der Waals surface area contributed by atoms with E-state index in [1.54, 1.807) is 19.2 Å². The quantitative estimate of drug-likeness (QED) is 0.841. The molecule has 1 aromatic carbocycles. The first-order valence-electron chi connectivity index (χ1n) is 6.33. The third-order valence-electron chi connectivity index (χ3n) is 2.99. The highest BCUT2D eigenvalue weighted by Crippen LogP contribution is 2.20. The van der Waals surface area contributed by atoms with Gasteiger partial charge in [0.2, 0.25) is 5.91 Å². The van der Waals surface area contributed by atoms with E-state index in [-0.39, 0.29) is 12.3 Å². The number of methoxy groups -OCH3 is 2. The van der Waals surface area contributed by atoms with Crippen molar-refractivity contribution in [3.05, 3.63) is 29.3 Å². The molecule has 0 bridgehead atoms. The van der Waals surface area contributed by atoms with Gasteiger partial charge in [0.25, 0.3) is 0 Å². The molecule has 0 aliphatic rings. The topological polar surface area (TPSA) is 64.6 Å². The minimum Gasteiger partial charge on any atom is -0.465 e. The minimum atomic E-state index is -0.555. The average Bonchev–Trinajstić information content (AvgIpc) is 2.39. The molecule has 20 heavy (non-hydrogen) atoms. The van der Waals surface area contributed by atoms with Gasteiger partial charge in [0.05, 0.1) is 30.4 Å². The molecule has 0 spiro atoms. The van der Waals surface area contributed by atoms with Gasteiger partial charge in [-0.2, -0.15) is 0 Å². The van der Waals surface area contributed by atoms with Gasteiger partial charge in [-0.1, -0.05) is 11.6 Å². The maximum atomic E-state index is 12.0. The zero-order valence-electron chi connectivity index (χ0n) is 12.6. The molecule has 1 N–H and O–H groups in total. The molecule has 0 saturated heterocycles. The third kappa shape index (κ3) is 4.35. The van der Waals surface area contributed by atoms with Crippen molar-refractivity contribution in [2.24, 2.45) is 0 Å². The zero-order chi connectivity index (χ0) is 15.3. The first-order chi connectivity index (χ1) is 9.29. The lowest BCUT2D eigenvalue weighted by Crippen LogP contribution is -2.30. The lowest BCUT2D eigenvalue weighted by molar-refractivity contribution is -0.121. The summed E-state index contributed by atoms with van der Waals surface area (Å²) in [6, 6.07) is 5.20. The van der Waals surface area contributed by atoms with E-state index in [0.717, 1.165) is 5.56 Å². The van der Waals surface area contributed by atoms with E-state index in [4.69, 9.17) is 9.47 Å². The Morgan fingerprint density at radius 2 is 1.90 bits per heavy atom. The largest absolute Gasteiger partial charge is 0.465 e. The number of ether oxygens (including phenoxy) is 2. The van der Waals surface area contributed by atoms with Crippen molar-refractivity contribution in [1.29, 1.82) is 0 Å². The van der Waals surface area contributed by atoms with Crippen LogP contribution in [0, 0.1) is 6.92 Å². The maximum Gasteiger partial charge on any atom is 0.339 e. The van der Waals surface area contributed by atoms with Crippen molar-refractivity contribution in [1.82, 2.24) is 0 Å². The van der Waals surface area contributed by atoms with Gasteiger partial charge in [0, 0.05) is 7.11 Å². The highest BCUT2D eigenvalue weighted by Gasteiger charge is 2.22. The number of hydrogen-bond acceptors (Lipinski definition) is 4. The Kier molecular flexibility index (Phi) is 5.27. The van der Waals surface area contributed by atoms with E-state index in [9.17, 15) is 9.59 Å². The van der Waals surface area contributed by atoms with Crippen LogP contribution in [-0.2, 0) is 14.3 Å². The molecule has 110 valence electrons. The molecule has 0 unspecified atom stereocenters. The van der Waals surface area contributed by atoms with Gasteiger partial charge in [-0.15, -0.1) is 0 Å². The molecule has 5 heteroatoms. The maximum absolute atomic E-state index is 12.0. The summed E-state index contributed by atoms with van der Waals surface area (Å²) in [6.45, 7) is 5.51. The Balaban J connectivity index is 2.92. The van der Waals surface area contributed by atoms with Crippen LogP contribution in [-0.4, -0.2) is 31.7 Å². The van der Waals surface area contributed by atoms with Crippen LogP contribution >= 0.6 is 0 Å². The average molecular weight is 279 g/mol. The van der Waals surface area contributed by atoms with E-state index in [1.165, 1.54) is 7.11 Å². The Hall–Kier alpha value is -1.88. The monoisotopic (exact) mass is 279 g/mol. The van der Waals surface area contributed by atoms with Crippen molar-refractivity contribution in [3.8, 4) is 0 Å². The van der Waals surface area contributed by atoms with E-state index in [2.05, 4.69) is 5.32 Å². The van der Waals surface area contributed by atoms with Gasteiger partial charge in [0.1, 0.15) is 0 Å². The molecule has 0 radical (unpaired) electrons. The van der Waals surface area contributed by atoms with Gasteiger partial charge in [0.15, 0.2) is 0 Å². The number of nitrogens with one attached hydrogen (secondary N) is 1. The van der Waals surface area contributed by atoms with Gasteiger partial charge in [-0.05, 0) is 32.9 Å². The van der Waals surface area contributed by atoms with Crippen LogP contribution in [0.1, 0.15) is 36.2 Å². The molecule has 0 atom stereocenters. The summed E-state index contributed by atoms with van der Waals surface area (Å²) in [6.07, 6.45) is 0.192. The second-order valence-corrected chi connectivity index (χ2v) is 5.23. The standard InChI is InChI=1S/C15H21NO4/c1-10-6-7-12(11(8-10)14(18)19-4)16-13(17)9-15(2,3)20-5/h6-8H,9H2,1-5H3,(H,16,17). The van der Waals surface area contributed by atoms with Gasteiger partial charge < -0.3 is 14.8 Å². The van der Waals surface area contributed by atoms with E-state index >= 15 is 0 Å². The Morgan fingerprint density at radius 3 is 2.45 bits per heavy atom. The van der Waals surface area contributed by atoms with Crippen LogP contribution in [0.25, 0.3) is 0 Å². The fraction of sp³-hybridized carbons (Fsp3) is 0.467. The van der Waals surface area contributed by atoms with E-state index in [1.807, 2.05) is 26.8 Å². The number of esters is 1. The SMILES string of the molecule is COC(=O)c1cc(C)ccc1NC(=O)CC(C)(C)OC. The number of carbonyl (C=O) groups excluding carboxylic acids is 2. The van der Waals surface area contributed by atoms with Crippen molar-refractivity contribution < 1.29 is 19.1 Å². The fourth-order valence-electron chi connectivity index (χ4n) is 1.70. The lowest BCUT2D eigenvalue weighted by atomic mass is 10.0. The highest BCUT2D eigenvalue weighted by atomic mass is 16.5. The summed E-state index contributed by atoms with van der Waals surface area (Å²) in [5.74, 6) is -0.694. The van der Waals surface area contributed by atoms with Crippen LogP contribution in [0.15, 0.2) is 18.2 Å². The molecule has 0 saturated carbocycles. The fourth-order valence-corrected chi connectivity index (χ4v) is 1.70. The number of rotatable bonds is 5. The first-order valence-corrected chi connectivity index (χ1v) is 6.33. The van der Waals surface area contributed by atoms with Crippen molar-refractivity contribution in [3.63, 3.8) is 0 Å². The molecule has 0 fully saturated rings. The molecule has 1 amide bonds. The summed E-state index contributed by atoms with van der Waals surface area (Å²) >= 11 is 0. The number of amides is 1. The summed E-state index contributed by atoms with van der Waals surface area (Å²) < 4.78 is 9.93. The minimum absolute atomic E-state index is 0.192. The zero-order valence-corrected chi connectivity index (χ0v) is 12.6. The molecule has 0 aliphatic heterocycles. The van der Waals surface area contributed by atoms with E-state index in [0.29, 0.717) is 11.3 Å². The van der Waals surface area contributed by atoms with Crippen molar-refractivity contribution in [2.75, 3.05) is 19.5 Å². The van der Waals surface area contributed by atoms with Crippen molar-refractivity contribution >= 4 is 17.6 Å². The second-order valence-electron chi connectivity index (χ2n) is 5.23. The molecule has 1 rings (SSSR count). The van der Waals surface area contributed by atoms with Crippen LogP contribution in [0.5, 0.6) is 0 Å². The van der Waals surface area contributed by atoms with Crippen molar-refractivity contribution in [2.45, 2.75) is 32.8 Å². The molecule has 0 aromatic heterocycles. The summed E-state index contributed by atoms with van der Waals surface area (Å²) in [5, 5.41) is 2.72. The number of benzene rings is 1. The van der Waals surface area contributed by atoms with Gasteiger partial charge in [-0.3, -0.25) is 4.79 Å². The molecule has 1 aromatic rings. The molecular weight excluding hydrogens is 258 g/mol. The predicted molar refractivity (Wildman–Crippen MR) is 76.9 cm³/mol. The second kappa shape index (κ2) is 6.52. The first kappa shape index (κ1) is 16.2. The molecule has 0 heterocycles. The Labute approximate surface area is 119 Å². The summed E-state index contributed by atoms with van der Waals surface area (Å²) in [5.41, 5.74) is 1.15. The van der Waals surface area contributed by atoms with E-state index < -0.39 is 11.6 Å². The lowest BCUT2D eigenvalue weighted by Gasteiger charge is -2.22. The molecular formula is C15H21NO4. The van der Waals surface area contributed by atoms with Gasteiger partial charge in [-0.25, -0.2) is 4.79 Å². The van der Waals surface area contributed by atoms with Gasteiger partial charge >= 0.3 is 5.97 Å². The molecule has 5 nitrogen and oxygen atoms in total. The summed E-state index contributed by atoms with van der Waals surface area (Å²) in [7, 11) is 2.86. The number of anilines is 1. The number of carbonyl (C=O) groups is 2. The smallest absolute Gasteiger partial charge is 0.339 e. The summed E-state index contributed by atoms with van der Waals surface area (Å²) in [4.78, 5) is 23.7. The van der Waals surface area contributed by atoms with Crippen LogP contribution in [0.2, 0.25) is 0 Å². The highest BCUT2D eigenvalue weighted by molar-refractivity contribution is 6.01. The molecule has 0 aliphatic carbocycles. The normalized spacial score (nSPS) is 11.1. The predicted octanol–water partition coefficient (Wildman–Crippen LogP) is 2.54. The number of hydrogen-bond donors (Lipinski definition) is 1. The number of aryl methyl sites for hydroxylation is 1. The Bertz CT molecular complexity index is 509. The van der Waals surface area contributed by atoms with Crippen LogP contribution in [0.3, 0.4) is 0 Å². The van der Waals surface area contributed by atoms with Crippen LogP contribution in [0.4, 0.5) is 5.69 Å². The third-order valence-corrected chi connectivity index (χ3v) is 2.99. The van der Waals surface area contributed by atoms with Crippen LogP contribution < -0.4 is 5.32 Å². The Morgan fingerprint density at radius 1 is 1.25 bits per heavy atom.